The largest absolute Gasteiger partial charge is 0.371 e. The molecule has 0 bridgehead atoms. The molecule has 6 nitrogen and oxygen atoms in total. The summed E-state index contributed by atoms with van der Waals surface area (Å²) in [7, 11) is 5.68. The van der Waals surface area contributed by atoms with Crippen LogP contribution in [0.2, 0.25) is 0 Å². The van der Waals surface area contributed by atoms with Gasteiger partial charge in [0.1, 0.15) is 9.71 Å². The molecular weight excluding hydrogens is 408 g/mol. The Labute approximate surface area is 185 Å². The molecule has 0 aliphatic carbocycles. The van der Waals surface area contributed by atoms with Gasteiger partial charge in [0, 0.05) is 75.0 Å². The number of hydrogen-bond donors (Lipinski definition) is 0. The van der Waals surface area contributed by atoms with Gasteiger partial charge in [0.25, 0.3) is 5.91 Å². The maximum atomic E-state index is 12.9. The van der Waals surface area contributed by atoms with E-state index in [1.807, 2.05) is 12.1 Å². The van der Waals surface area contributed by atoms with E-state index >= 15 is 0 Å². The zero-order valence-electron chi connectivity index (χ0n) is 18.0. The van der Waals surface area contributed by atoms with Crippen molar-refractivity contribution >= 4 is 38.4 Å². The van der Waals surface area contributed by atoms with E-state index in [2.05, 4.69) is 52.0 Å². The number of pyridine rings is 1. The molecule has 4 aromatic rings. The second-order valence-electron chi connectivity index (χ2n) is 8.28. The van der Waals surface area contributed by atoms with Crippen LogP contribution in [-0.4, -0.2) is 59.0 Å². The van der Waals surface area contributed by atoms with Crippen LogP contribution < -0.4 is 0 Å². The Morgan fingerprint density at radius 2 is 2.03 bits per heavy atom. The number of morpholine rings is 1. The third-order valence-corrected chi connectivity index (χ3v) is 7.07. The van der Waals surface area contributed by atoms with Gasteiger partial charge in [-0.2, -0.15) is 0 Å². The van der Waals surface area contributed by atoms with Gasteiger partial charge in [-0.3, -0.25) is 9.69 Å². The fraction of sp³-hybridized carbons (Fsp3) is 0.333. The smallest absolute Gasteiger partial charge is 0.263 e. The standard InChI is InChI=1S/C24H26N4O2S/c1-26(2)24(29)22-21(18-8-6-10-25-23(18)31-22)20-15-28(11-12-30-20)14-16-13-27(3)19-9-5-4-7-17(16)19/h4-10,13,20H,11-12,14-15H2,1-3H3/t20-/m1/s1. The first kappa shape index (κ1) is 20.2. The Hall–Kier alpha value is -2.74. The topological polar surface area (TPSA) is 50.6 Å². The quantitative estimate of drug-likeness (QED) is 0.486. The molecule has 0 N–H and O–H groups in total. The van der Waals surface area contributed by atoms with E-state index in [0.717, 1.165) is 40.3 Å². The van der Waals surface area contributed by atoms with E-state index in [4.69, 9.17) is 4.74 Å². The highest BCUT2D eigenvalue weighted by Gasteiger charge is 2.31. The van der Waals surface area contributed by atoms with Crippen molar-refractivity contribution in [2.24, 2.45) is 7.05 Å². The zero-order valence-corrected chi connectivity index (χ0v) is 18.9. The van der Waals surface area contributed by atoms with Crippen LogP contribution in [0, 0.1) is 0 Å². The predicted molar refractivity (Wildman–Crippen MR) is 125 cm³/mol. The highest BCUT2D eigenvalue weighted by molar-refractivity contribution is 7.20. The number of aromatic nitrogens is 2. The van der Waals surface area contributed by atoms with Crippen LogP contribution in [-0.2, 0) is 18.3 Å². The molecule has 7 heteroatoms. The van der Waals surface area contributed by atoms with Crippen LogP contribution in [0.1, 0.15) is 26.9 Å². The van der Waals surface area contributed by atoms with Crippen molar-refractivity contribution in [3.8, 4) is 0 Å². The van der Waals surface area contributed by atoms with Crippen LogP contribution >= 0.6 is 11.3 Å². The van der Waals surface area contributed by atoms with Gasteiger partial charge in [-0.05, 0) is 17.7 Å². The molecule has 1 aromatic carbocycles. The molecule has 1 atom stereocenters. The molecule has 0 saturated carbocycles. The summed E-state index contributed by atoms with van der Waals surface area (Å²) < 4.78 is 8.41. The van der Waals surface area contributed by atoms with Crippen molar-refractivity contribution in [2.75, 3.05) is 33.8 Å². The number of nitrogens with zero attached hydrogens (tertiary/aromatic N) is 4. The number of hydrogen-bond acceptors (Lipinski definition) is 5. The van der Waals surface area contributed by atoms with Gasteiger partial charge in [0.2, 0.25) is 0 Å². The van der Waals surface area contributed by atoms with Gasteiger partial charge >= 0.3 is 0 Å². The fourth-order valence-corrected chi connectivity index (χ4v) is 5.66. The summed E-state index contributed by atoms with van der Waals surface area (Å²) in [4.78, 5) is 23.1. The summed E-state index contributed by atoms with van der Waals surface area (Å²) in [5, 5.41) is 2.32. The zero-order chi connectivity index (χ0) is 21.5. The van der Waals surface area contributed by atoms with Gasteiger partial charge in [0.15, 0.2) is 0 Å². The molecule has 1 aliphatic rings. The van der Waals surface area contributed by atoms with Crippen molar-refractivity contribution < 1.29 is 9.53 Å². The Kier molecular flexibility index (Phi) is 5.25. The second-order valence-corrected chi connectivity index (χ2v) is 9.28. The molecule has 31 heavy (non-hydrogen) atoms. The third-order valence-electron chi connectivity index (χ3n) is 5.95. The minimum absolute atomic E-state index is 0.00720. The number of rotatable bonds is 4. The van der Waals surface area contributed by atoms with Crippen molar-refractivity contribution in [3.63, 3.8) is 0 Å². The lowest BCUT2D eigenvalue weighted by molar-refractivity contribution is -0.0322. The lowest BCUT2D eigenvalue weighted by Gasteiger charge is -2.33. The Morgan fingerprint density at radius 1 is 1.23 bits per heavy atom. The van der Waals surface area contributed by atoms with Gasteiger partial charge in [-0.15, -0.1) is 11.3 Å². The number of carbonyl (C=O) groups excluding carboxylic acids is 1. The molecule has 1 amide bonds. The number of carbonyl (C=O) groups is 1. The maximum Gasteiger partial charge on any atom is 0.263 e. The van der Waals surface area contributed by atoms with E-state index in [-0.39, 0.29) is 12.0 Å². The number of aryl methyl sites for hydroxylation is 1. The molecule has 4 heterocycles. The van der Waals surface area contributed by atoms with E-state index < -0.39 is 0 Å². The molecule has 3 aromatic heterocycles. The summed E-state index contributed by atoms with van der Waals surface area (Å²) in [5.74, 6) is 0.00720. The Balaban J connectivity index is 1.47. The molecule has 0 spiro atoms. The molecule has 5 rings (SSSR count). The SMILES string of the molecule is CN(C)C(=O)c1sc2ncccc2c1[C@H]1CN(Cc2cn(C)c3ccccc23)CCO1. The lowest BCUT2D eigenvalue weighted by Crippen LogP contribution is -2.38. The van der Waals surface area contributed by atoms with Crippen LogP contribution in [0.3, 0.4) is 0 Å². The predicted octanol–water partition coefficient (Wildman–Crippen LogP) is 4.06. The summed E-state index contributed by atoms with van der Waals surface area (Å²) in [6, 6.07) is 12.5. The van der Waals surface area contributed by atoms with Crippen molar-refractivity contribution in [3.05, 3.63) is 64.8 Å². The number of para-hydroxylation sites is 1. The fourth-order valence-electron chi connectivity index (χ4n) is 4.45. The van der Waals surface area contributed by atoms with E-state index in [0.29, 0.717) is 6.61 Å². The Bertz CT molecular complexity index is 1260. The second kappa shape index (κ2) is 8.07. The average Bonchev–Trinajstić information content (AvgIpc) is 3.32. The summed E-state index contributed by atoms with van der Waals surface area (Å²) in [6.45, 7) is 3.12. The van der Waals surface area contributed by atoms with Crippen LogP contribution in [0.15, 0.2) is 48.8 Å². The summed E-state index contributed by atoms with van der Waals surface area (Å²) >= 11 is 1.46. The average molecular weight is 435 g/mol. The highest BCUT2D eigenvalue weighted by atomic mass is 32.1. The molecular formula is C24H26N4O2S. The molecule has 160 valence electrons. The summed E-state index contributed by atoms with van der Waals surface area (Å²) in [5.41, 5.74) is 3.55. The normalized spacial score (nSPS) is 17.5. The molecule has 1 fully saturated rings. The lowest BCUT2D eigenvalue weighted by atomic mass is 10.0. The van der Waals surface area contributed by atoms with Gasteiger partial charge in [-0.25, -0.2) is 4.98 Å². The van der Waals surface area contributed by atoms with Crippen molar-refractivity contribution in [1.29, 1.82) is 0 Å². The van der Waals surface area contributed by atoms with Crippen LogP contribution in [0.5, 0.6) is 0 Å². The van der Waals surface area contributed by atoms with Gasteiger partial charge in [-0.1, -0.05) is 24.3 Å². The first-order valence-corrected chi connectivity index (χ1v) is 11.3. The van der Waals surface area contributed by atoms with Gasteiger partial charge in [0.05, 0.1) is 12.7 Å². The number of fused-ring (bicyclic) bond motifs is 2. The first-order valence-electron chi connectivity index (χ1n) is 10.5. The van der Waals surface area contributed by atoms with Crippen LogP contribution in [0.4, 0.5) is 0 Å². The van der Waals surface area contributed by atoms with Gasteiger partial charge < -0.3 is 14.2 Å². The minimum atomic E-state index is -0.152. The van der Waals surface area contributed by atoms with Crippen molar-refractivity contribution in [1.82, 2.24) is 19.4 Å². The number of thiophene rings is 1. The highest BCUT2D eigenvalue weighted by Crippen LogP contribution is 2.38. The summed E-state index contributed by atoms with van der Waals surface area (Å²) in [6.07, 6.45) is 3.85. The molecule has 0 radical (unpaired) electrons. The van der Waals surface area contributed by atoms with E-state index in [1.54, 1.807) is 25.2 Å². The molecule has 1 saturated heterocycles. The first-order chi connectivity index (χ1) is 15.0. The van der Waals surface area contributed by atoms with Crippen molar-refractivity contribution in [2.45, 2.75) is 12.6 Å². The minimum Gasteiger partial charge on any atom is -0.371 e. The van der Waals surface area contributed by atoms with E-state index in [9.17, 15) is 4.79 Å². The van der Waals surface area contributed by atoms with Crippen LogP contribution in [0.25, 0.3) is 21.1 Å². The van der Waals surface area contributed by atoms with E-state index in [1.165, 1.54) is 27.8 Å². The Morgan fingerprint density at radius 3 is 2.87 bits per heavy atom. The maximum absolute atomic E-state index is 12.9. The number of benzene rings is 1. The molecule has 0 unspecified atom stereocenters. The number of amides is 1. The monoisotopic (exact) mass is 434 g/mol. The number of ether oxygens (including phenoxy) is 1. The third kappa shape index (κ3) is 3.63. The molecule has 1 aliphatic heterocycles.